The molecule has 0 saturated heterocycles. The Labute approximate surface area is 196 Å². The molecule has 1 heterocycles. The van der Waals surface area contributed by atoms with E-state index in [1.165, 1.54) is 14.0 Å². The van der Waals surface area contributed by atoms with Crippen LogP contribution in [0.1, 0.15) is 34.6 Å². The maximum Gasteiger partial charge on any atom is 0.302 e. The maximum absolute atomic E-state index is 9.59. The van der Waals surface area contributed by atoms with Crippen molar-refractivity contribution < 1.29 is 42.2 Å². The van der Waals surface area contributed by atoms with Gasteiger partial charge in [-0.1, -0.05) is 88.4 Å². The van der Waals surface area contributed by atoms with Gasteiger partial charge in [0, 0.05) is 45.2 Å². The largest absolute Gasteiger partial charge is 0.469 e. The second-order valence-electron chi connectivity index (χ2n) is 4.57. The number of imidazole rings is 1. The van der Waals surface area contributed by atoms with Gasteiger partial charge in [0.25, 0.3) is 0 Å². The van der Waals surface area contributed by atoms with Crippen LogP contribution in [0.3, 0.4) is 0 Å². The van der Waals surface area contributed by atoms with Crippen LogP contribution < -0.4 is 0 Å². The molecule has 1 aromatic heterocycles. The summed E-state index contributed by atoms with van der Waals surface area (Å²) in [7, 11) is 1.35. The Hall–Kier alpha value is -1.78. The normalized spacial score (nSPS) is 7.93. The van der Waals surface area contributed by atoms with E-state index >= 15 is 0 Å². The first-order chi connectivity index (χ1) is 12.7. The fraction of sp³-hybridized carbons (Fsp3) is 0.261. The Morgan fingerprint density at radius 3 is 1.64 bits per heavy atom. The van der Waals surface area contributed by atoms with Gasteiger partial charge in [-0.15, -0.1) is 0 Å². The van der Waals surface area contributed by atoms with E-state index in [1.54, 1.807) is 0 Å². The maximum atomic E-state index is 9.59. The summed E-state index contributed by atoms with van der Waals surface area (Å²) >= 11 is 0. The van der Waals surface area contributed by atoms with Crippen molar-refractivity contribution in [1.29, 1.82) is 0 Å². The number of nitrogens with one attached hydrogen (secondary N) is 1. The molecule has 0 bridgehead atoms. The number of hydrogen-bond donors (Lipinski definition) is 1. The number of esters is 1. The summed E-state index contributed by atoms with van der Waals surface area (Å²) in [6, 6.07) is 20.3. The van der Waals surface area contributed by atoms with Crippen LogP contribution in [0, 0.1) is 7.43 Å². The molecule has 0 aliphatic carbocycles. The third kappa shape index (κ3) is 11.8. The molecule has 0 unspecified atom stereocenters. The average molecular weight is 458 g/mol. The first kappa shape index (κ1) is 30.9. The third-order valence-electron chi connectivity index (χ3n) is 3.00. The summed E-state index contributed by atoms with van der Waals surface area (Å²) in [5, 5.41) is 0. The van der Waals surface area contributed by atoms with Crippen molar-refractivity contribution in [3.63, 3.8) is 0 Å². The minimum atomic E-state index is -0.245. The number of benzene rings is 2. The molecule has 28 heavy (non-hydrogen) atoms. The number of hydrogen-bond acceptors (Lipinski definition) is 3. The standard InChI is InChI=1S/C15H12N2.C3H6O2.2C2H6.CH3.Y/c1-3-7-12(8-4-1)14-11-16-15(17-14)13-9-5-2-6-10-13;1-3(4)5-2;2*1-2;;/h1-11H,(H,16,17);1-2H3;2*1-2H3;1H3;/q;;;;-1;. The summed E-state index contributed by atoms with van der Waals surface area (Å²) in [5.74, 6) is 0.662. The van der Waals surface area contributed by atoms with Gasteiger partial charge in [0.2, 0.25) is 0 Å². The number of carbonyl (C=O) groups excluding carboxylic acids is 1. The molecular weight excluding hydrogens is 425 g/mol. The zero-order valence-electron chi connectivity index (χ0n) is 18.2. The number of ether oxygens (including phenoxy) is 1. The van der Waals surface area contributed by atoms with Gasteiger partial charge in [-0.05, 0) is 5.56 Å². The molecule has 3 rings (SSSR count). The van der Waals surface area contributed by atoms with Gasteiger partial charge in [-0.2, -0.15) is 0 Å². The number of methoxy groups -OCH3 is 1. The van der Waals surface area contributed by atoms with Crippen molar-refractivity contribution in [2.45, 2.75) is 34.6 Å². The number of H-pyrrole nitrogens is 1. The Morgan fingerprint density at radius 1 is 0.857 bits per heavy atom. The average Bonchev–Trinajstić information content (AvgIpc) is 3.23. The molecule has 1 radical (unpaired) electrons. The van der Waals surface area contributed by atoms with Crippen LogP contribution in [-0.2, 0) is 42.2 Å². The summed E-state index contributed by atoms with van der Waals surface area (Å²) in [4.78, 5) is 17.3. The van der Waals surface area contributed by atoms with E-state index in [-0.39, 0.29) is 46.1 Å². The van der Waals surface area contributed by atoms with Crippen LogP contribution in [-0.4, -0.2) is 23.0 Å². The van der Waals surface area contributed by atoms with Gasteiger partial charge < -0.3 is 17.1 Å². The number of carbonyl (C=O) groups is 1. The number of nitrogens with zero attached hydrogens (tertiary/aromatic N) is 1. The molecule has 0 aliphatic rings. The molecule has 5 heteroatoms. The van der Waals surface area contributed by atoms with Crippen LogP contribution in [0.15, 0.2) is 66.9 Å². The molecule has 0 spiro atoms. The van der Waals surface area contributed by atoms with Crippen molar-refractivity contribution >= 4 is 5.97 Å². The Bertz CT molecular complexity index is 660. The van der Waals surface area contributed by atoms with Crippen molar-refractivity contribution in [2.24, 2.45) is 0 Å². The van der Waals surface area contributed by atoms with E-state index in [0.29, 0.717) is 0 Å². The van der Waals surface area contributed by atoms with Crippen LogP contribution >= 0.6 is 0 Å². The Morgan fingerprint density at radius 2 is 1.25 bits per heavy atom. The van der Waals surface area contributed by atoms with Crippen LogP contribution in [0.4, 0.5) is 0 Å². The monoisotopic (exact) mass is 458 g/mol. The van der Waals surface area contributed by atoms with E-state index < -0.39 is 0 Å². The van der Waals surface area contributed by atoms with Crippen molar-refractivity contribution in [2.75, 3.05) is 7.11 Å². The van der Waals surface area contributed by atoms with Gasteiger partial charge in [0.1, 0.15) is 5.82 Å². The summed E-state index contributed by atoms with van der Waals surface area (Å²) in [6.07, 6.45) is 1.87. The SMILES string of the molecule is CC.CC.COC(C)=O.[CH3-].[Y].c1ccc(-c2cnc(-c3ccccc3)[nH]2)cc1. The predicted octanol–water partition coefficient (Wildman–Crippen LogP) is 6.42. The second-order valence-corrected chi connectivity index (χ2v) is 4.57. The van der Waals surface area contributed by atoms with E-state index in [4.69, 9.17) is 0 Å². The van der Waals surface area contributed by atoms with E-state index in [9.17, 15) is 4.79 Å². The van der Waals surface area contributed by atoms with Gasteiger partial charge in [-0.3, -0.25) is 4.79 Å². The molecular formula is C23H33N2O2Y-. The third-order valence-corrected chi connectivity index (χ3v) is 3.00. The smallest absolute Gasteiger partial charge is 0.302 e. The number of aromatic nitrogens is 2. The Kier molecular flexibility index (Phi) is 22.1. The summed E-state index contributed by atoms with van der Waals surface area (Å²) in [6.45, 7) is 9.36. The molecule has 0 fully saturated rings. The fourth-order valence-electron chi connectivity index (χ4n) is 1.83. The first-order valence-corrected chi connectivity index (χ1v) is 8.91. The first-order valence-electron chi connectivity index (χ1n) is 8.91. The zero-order valence-corrected chi connectivity index (χ0v) is 21.0. The Balaban J connectivity index is -0.000000495. The quantitative estimate of drug-likeness (QED) is 0.356. The van der Waals surface area contributed by atoms with Gasteiger partial charge in [0.05, 0.1) is 19.0 Å². The fourth-order valence-corrected chi connectivity index (χ4v) is 1.83. The van der Waals surface area contributed by atoms with E-state index in [1.807, 2.05) is 82.4 Å². The van der Waals surface area contributed by atoms with Crippen LogP contribution in [0.5, 0.6) is 0 Å². The molecule has 4 nitrogen and oxygen atoms in total. The van der Waals surface area contributed by atoms with Gasteiger partial charge in [-0.25, -0.2) is 4.98 Å². The predicted molar refractivity (Wildman–Crippen MR) is 116 cm³/mol. The molecule has 0 amide bonds. The number of aromatic amines is 1. The molecule has 0 aliphatic heterocycles. The zero-order chi connectivity index (χ0) is 19.8. The molecule has 2 aromatic carbocycles. The van der Waals surface area contributed by atoms with E-state index in [0.717, 1.165) is 22.6 Å². The number of rotatable bonds is 2. The van der Waals surface area contributed by atoms with Crippen LogP contribution in [0.2, 0.25) is 0 Å². The van der Waals surface area contributed by atoms with Crippen molar-refractivity contribution in [1.82, 2.24) is 9.97 Å². The van der Waals surface area contributed by atoms with Gasteiger partial charge >= 0.3 is 5.97 Å². The molecule has 1 N–H and O–H groups in total. The van der Waals surface area contributed by atoms with Crippen molar-refractivity contribution in [3.05, 3.63) is 74.3 Å². The molecule has 3 aromatic rings. The topological polar surface area (TPSA) is 55.0 Å². The molecule has 0 atom stereocenters. The molecule has 0 saturated carbocycles. The minimum absolute atomic E-state index is 0. The second kappa shape index (κ2) is 20.0. The summed E-state index contributed by atoms with van der Waals surface area (Å²) < 4.78 is 4.11. The minimum Gasteiger partial charge on any atom is -0.469 e. The van der Waals surface area contributed by atoms with Crippen molar-refractivity contribution in [3.8, 4) is 22.6 Å². The van der Waals surface area contributed by atoms with E-state index in [2.05, 4.69) is 26.8 Å². The molecule has 151 valence electrons. The van der Waals surface area contributed by atoms with Crippen LogP contribution in [0.25, 0.3) is 22.6 Å². The summed E-state index contributed by atoms with van der Waals surface area (Å²) in [5.41, 5.74) is 3.31. The van der Waals surface area contributed by atoms with Gasteiger partial charge in [0.15, 0.2) is 0 Å².